The Morgan fingerprint density at radius 2 is 2.04 bits per heavy atom. The van der Waals surface area contributed by atoms with Gasteiger partial charge in [0.05, 0.1) is 17.1 Å². The number of esters is 1. The Labute approximate surface area is 155 Å². The fourth-order valence-corrected chi connectivity index (χ4v) is 3.94. The first-order chi connectivity index (χ1) is 11.5. The molecule has 1 rings (SSSR count). The largest absolute Gasteiger partial charge is 0.462 e. The molecular formula is C19H30ClNO2S. The lowest BCUT2D eigenvalue weighted by molar-refractivity contribution is -0.151. The molecule has 2 atom stereocenters. The predicted molar refractivity (Wildman–Crippen MR) is 105 cm³/mol. The topological polar surface area (TPSA) is 52.3 Å². The van der Waals surface area contributed by atoms with E-state index in [0.29, 0.717) is 28.8 Å². The number of halogens is 1. The van der Waals surface area contributed by atoms with E-state index in [1.54, 1.807) is 6.07 Å². The minimum absolute atomic E-state index is 0.0370. The van der Waals surface area contributed by atoms with E-state index >= 15 is 0 Å². The minimum Gasteiger partial charge on any atom is -0.462 e. The molecule has 2 unspecified atom stereocenters. The summed E-state index contributed by atoms with van der Waals surface area (Å²) in [6, 6.07) is 5.56. The number of carbonyl (C=O) groups excluding carboxylic acids is 1. The first kappa shape index (κ1) is 21.2. The molecule has 2 N–H and O–H groups in total. The highest BCUT2D eigenvalue weighted by atomic mass is 35.5. The molecule has 0 saturated heterocycles. The van der Waals surface area contributed by atoms with E-state index in [0.717, 1.165) is 24.2 Å². The highest BCUT2D eigenvalue weighted by molar-refractivity contribution is 7.99. The zero-order chi connectivity index (χ0) is 17.9. The van der Waals surface area contributed by atoms with Gasteiger partial charge >= 0.3 is 5.97 Å². The number of benzene rings is 1. The summed E-state index contributed by atoms with van der Waals surface area (Å²) < 4.78 is 5.73. The number of hydrogen-bond donors (Lipinski definition) is 1. The summed E-state index contributed by atoms with van der Waals surface area (Å²) in [5.41, 5.74) is 6.35. The van der Waals surface area contributed by atoms with Crippen molar-refractivity contribution in [2.75, 3.05) is 11.5 Å². The van der Waals surface area contributed by atoms with Gasteiger partial charge in [-0.25, -0.2) is 0 Å². The Morgan fingerprint density at radius 3 is 2.67 bits per heavy atom. The third kappa shape index (κ3) is 6.94. The van der Waals surface area contributed by atoms with Crippen molar-refractivity contribution in [3.63, 3.8) is 0 Å². The molecule has 24 heavy (non-hydrogen) atoms. The molecule has 0 aliphatic carbocycles. The first-order valence-electron chi connectivity index (χ1n) is 8.89. The second-order valence-electron chi connectivity index (χ2n) is 6.00. The van der Waals surface area contributed by atoms with E-state index in [1.165, 1.54) is 24.6 Å². The van der Waals surface area contributed by atoms with Gasteiger partial charge in [-0.1, -0.05) is 51.3 Å². The van der Waals surface area contributed by atoms with Crippen LogP contribution in [-0.2, 0) is 9.53 Å². The van der Waals surface area contributed by atoms with Gasteiger partial charge in [0.15, 0.2) is 0 Å². The number of nitrogens with two attached hydrogens (primary N) is 1. The van der Waals surface area contributed by atoms with Crippen molar-refractivity contribution in [1.29, 1.82) is 0 Å². The van der Waals surface area contributed by atoms with Gasteiger partial charge in [0.2, 0.25) is 0 Å². The van der Waals surface area contributed by atoms with Gasteiger partial charge < -0.3 is 10.5 Å². The highest BCUT2D eigenvalue weighted by Crippen LogP contribution is 2.32. The normalized spacial score (nSPS) is 13.5. The average Bonchev–Trinajstić information content (AvgIpc) is 2.58. The molecule has 0 spiro atoms. The van der Waals surface area contributed by atoms with E-state index in [1.807, 2.05) is 12.1 Å². The lowest BCUT2D eigenvalue weighted by Crippen LogP contribution is -2.26. The molecule has 0 heterocycles. The third-order valence-corrected chi connectivity index (χ3v) is 5.81. The smallest absolute Gasteiger partial charge is 0.306 e. The molecule has 0 bridgehead atoms. The summed E-state index contributed by atoms with van der Waals surface area (Å²) in [7, 11) is 0. The van der Waals surface area contributed by atoms with Gasteiger partial charge in [0.1, 0.15) is 6.10 Å². The monoisotopic (exact) mass is 371 g/mol. The van der Waals surface area contributed by atoms with Crippen LogP contribution in [0.4, 0.5) is 5.69 Å². The van der Waals surface area contributed by atoms with Crippen LogP contribution in [0.15, 0.2) is 23.1 Å². The molecule has 0 saturated carbocycles. The second-order valence-corrected chi connectivity index (χ2v) is 7.52. The summed E-state index contributed by atoms with van der Waals surface area (Å²) in [6.45, 7) is 6.46. The van der Waals surface area contributed by atoms with Crippen molar-refractivity contribution in [3.8, 4) is 0 Å². The predicted octanol–water partition coefficient (Wildman–Crippen LogP) is 5.94. The first-order valence-corrected chi connectivity index (χ1v) is 10.3. The summed E-state index contributed by atoms with van der Waals surface area (Å²) in [4.78, 5) is 13.1. The van der Waals surface area contributed by atoms with Crippen molar-refractivity contribution in [2.24, 2.45) is 5.92 Å². The molecule has 0 aliphatic heterocycles. The Balaban J connectivity index is 2.44. The molecule has 0 fully saturated rings. The molecular weight excluding hydrogens is 342 g/mol. The molecule has 0 radical (unpaired) electrons. The minimum atomic E-state index is -0.121. The van der Waals surface area contributed by atoms with Gasteiger partial charge in [0.25, 0.3) is 0 Å². The quantitative estimate of drug-likeness (QED) is 0.297. The number of nitrogen functional groups attached to an aromatic ring is 1. The van der Waals surface area contributed by atoms with Gasteiger partial charge in [-0.15, -0.1) is 11.8 Å². The molecule has 1 aromatic carbocycles. The summed E-state index contributed by atoms with van der Waals surface area (Å²) >= 11 is 7.70. The zero-order valence-electron chi connectivity index (χ0n) is 15.0. The molecule has 0 aliphatic rings. The average molecular weight is 372 g/mol. The van der Waals surface area contributed by atoms with Crippen LogP contribution < -0.4 is 5.73 Å². The van der Waals surface area contributed by atoms with Crippen LogP contribution in [0.2, 0.25) is 5.02 Å². The van der Waals surface area contributed by atoms with E-state index < -0.39 is 0 Å². The SMILES string of the molecule is CCCCC(CC)C(CC)OC(=O)CCSc1cccc(N)c1Cl. The van der Waals surface area contributed by atoms with Gasteiger partial charge in [0, 0.05) is 10.6 Å². The maximum Gasteiger partial charge on any atom is 0.306 e. The molecule has 5 heteroatoms. The fourth-order valence-electron chi connectivity index (χ4n) is 2.74. The van der Waals surface area contributed by atoms with Crippen molar-refractivity contribution >= 4 is 35.0 Å². The van der Waals surface area contributed by atoms with E-state index in [9.17, 15) is 4.79 Å². The van der Waals surface area contributed by atoms with Crippen LogP contribution in [-0.4, -0.2) is 17.8 Å². The van der Waals surface area contributed by atoms with Crippen molar-refractivity contribution in [3.05, 3.63) is 23.2 Å². The number of carbonyl (C=O) groups is 1. The van der Waals surface area contributed by atoms with Crippen LogP contribution >= 0.6 is 23.4 Å². The number of thioether (sulfide) groups is 1. The lowest BCUT2D eigenvalue weighted by atomic mass is 9.92. The van der Waals surface area contributed by atoms with Crippen molar-refractivity contribution < 1.29 is 9.53 Å². The summed E-state index contributed by atoms with van der Waals surface area (Å²) in [5.74, 6) is 0.990. The molecule has 0 amide bonds. The molecule has 3 nitrogen and oxygen atoms in total. The Hall–Kier alpha value is -0.870. The van der Waals surface area contributed by atoms with E-state index in [4.69, 9.17) is 22.1 Å². The number of ether oxygens (including phenoxy) is 1. The molecule has 136 valence electrons. The van der Waals surface area contributed by atoms with E-state index in [2.05, 4.69) is 20.8 Å². The lowest BCUT2D eigenvalue weighted by Gasteiger charge is -2.25. The van der Waals surface area contributed by atoms with Crippen LogP contribution in [0.5, 0.6) is 0 Å². The summed E-state index contributed by atoms with van der Waals surface area (Å²) in [5, 5.41) is 0.563. The number of unbranched alkanes of at least 4 members (excludes halogenated alkanes) is 1. The maximum absolute atomic E-state index is 12.2. The van der Waals surface area contributed by atoms with Crippen LogP contribution in [0.1, 0.15) is 59.3 Å². The summed E-state index contributed by atoms with van der Waals surface area (Å²) in [6.07, 6.45) is 5.86. The third-order valence-electron chi connectivity index (χ3n) is 4.22. The van der Waals surface area contributed by atoms with E-state index in [-0.39, 0.29) is 12.1 Å². The molecule has 0 aromatic heterocycles. The zero-order valence-corrected chi connectivity index (χ0v) is 16.6. The van der Waals surface area contributed by atoms with Crippen LogP contribution in [0.25, 0.3) is 0 Å². The van der Waals surface area contributed by atoms with Crippen LogP contribution in [0.3, 0.4) is 0 Å². The standard InChI is InChI=1S/C19H30ClNO2S/c1-4-7-9-14(5-2)16(6-3)23-18(22)12-13-24-17-11-8-10-15(21)19(17)20/h8,10-11,14,16H,4-7,9,12-13,21H2,1-3H3. The van der Waals surface area contributed by atoms with Gasteiger partial charge in [-0.3, -0.25) is 4.79 Å². The Morgan fingerprint density at radius 1 is 1.29 bits per heavy atom. The second kappa shape index (κ2) is 11.6. The van der Waals surface area contributed by atoms with Crippen molar-refractivity contribution in [1.82, 2.24) is 0 Å². The van der Waals surface area contributed by atoms with Crippen molar-refractivity contribution in [2.45, 2.75) is 70.3 Å². The molecule has 1 aromatic rings. The van der Waals surface area contributed by atoms with Gasteiger partial charge in [-0.2, -0.15) is 0 Å². The number of anilines is 1. The fraction of sp³-hybridized carbons (Fsp3) is 0.632. The number of hydrogen-bond acceptors (Lipinski definition) is 4. The Kier molecular flexibility index (Phi) is 10.3. The number of rotatable bonds is 11. The maximum atomic E-state index is 12.2. The Bertz CT molecular complexity index is 510. The van der Waals surface area contributed by atoms with Gasteiger partial charge in [-0.05, 0) is 37.3 Å². The van der Waals surface area contributed by atoms with Crippen LogP contribution in [0, 0.1) is 5.92 Å². The highest BCUT2D eigenvalue weighted by Gasteiger charge is 2.21.